The molecule has 0 unspecified atom stereocenters. The number of pyridine rings is 1. The highest BCUT2D eigenvalue weighted by molar-refractivity contribution is 7.80. The van der Waals surface area contributed by atoms with E-state index >= 15 is 0 Å². The van der Waals surface area contributed by atoms with Gasteiger partial charge in [-0.25, -0.2) is 0 Å². The van der Waals surface area contributed by atoms with Crippen molar-refractivity contribution in [3.63, 3.8) is 0 Å². The number of nitrogens with zero attached hydrogens (tertiary/aromatic N) is 1. The number of aromatic nitrogens is 1. The molecule has 1 aromatic rings. The maximum atomic E-state index is 5.57. The Bertz CT molecular complexity index is 360. The largest absolute Gasteiger partial charge is 0.388 e. The molecule has 0 bridgehead atoms. The third-order valence-corrected chi connectivity index (χ3v) is 2.23. The van der Waals surface area contributed by atoms with Gasteiger partial charge in [0.25, 0.3) is 0 Å². The number of ether oxygens (including phenoxy) is 2. The molecule has 0 atom stereocenters. The molecule has 0 aliphatic rings. The predicted octanol–water partition coefficient (Wildman–Crippen LogP) is 0.791. The summed E-state index contributed by atoms with van der Waals surface area (Å²) in [6.45, 7) is 2.46. The molecule has 0 aliphatic carbocycles. The van der Waals surface area contributed by atoms with Crippen LogP contribution in [0.4, 0.5) is 5.69 Å². The average molecular weight is 255 g/mol. The van der Waals surface area contributed by atoms with E-state index in [1.165, 1.54) is 0 Å². The van der Waals surface area contributed by atoms with Crippen molar-refractivity contribution in [2.24, 2.45) is 5.73 Å². The van der Waals surface area contributed by atoms with Crippen LogP contribution in [-0.2, 0) is 9.47 Å². The number of hydrogen-bond acceptors (Lipinski definition) is 5. The van der Waals surface area contributed by atoms with Gasteiger partial charge in [0.2, 0.25) is 0 Å². The highest BCUT2D eigenvalue weighted by atomic mass is 32.1. The van der Waals surface area contributed by atoms with E-state index in [1.807, 2.05) is 12.1 Å². The summed E-state index contributed by atoms with van der Waals surface area (Å²) in [6.07, 6.45) is 1.66. The van der Waals surface area contributed by atoms with Crippen LogP contribution in [0.15, 0.2) is 18.3 Å². The Balaban J connectivity index is 2.34. The third kappa shape index (κ3) is 5.08. The van der Waals surface area contributed by atoms with E-state index < -0.39 is 0 Å². The number of hydrogen-bond donors (Lipinski definition) is 2. The average Bonchev–Trinajstić information content (AvgIpc) is 2.34. The summed E-state index contributed by atoms with van der Waals surface area (Å²) in [4.78, 5) is 4.40. The molecular formula is C11H17N3O2S. The topological polar surface area (TPSA) is 69.4 Å². The van der Waals surface area contributed by atoms with Crippen LogP contribution in [0.2, 0.25) is 0 Å². The number of nitrogens with one attached hydrogen (secondary N) is 1. The zero-order chi connectivity index (χ0) is 12.5. The second-order valence-corrected chi connectivity index (χ2v) is 3.74. The summed E-state index contributed by atoms with van der Waals surface area (Å²) in [7, 11) is 1.64. The molecule has 1 rings (SSSR count). The predicted molar refractivity (Wildman–Crippen MR) is 71.3 cm³/mol. The van der Waals surface area contributed by atoms with E-state index in [9.17, 15) is 0 Å². The van der Waals surface area contributed by atoms with Crippen molar-refractivity contribution >= 4 is 22.9 Å². The van der Waals surface area contributed by atoms with Gasteiger partial charge in [0, 0.05) is 19.9 Å². The molecule has 17 heavy (non-hydrogen) atoms. The number of nitrogens with two attached hydrogens (primary N) is 1. The Morgan fingerprint density at radius 1 is 1.47 bits per heavy atom. The van der Waals surface area contributed by atoms with Gasteiger partial charge in [0.15, 0.2) is 0 Å². The molecule has 0 saturated carbocycles. The van der Waals surface area contributed by atoms with Crippen molar-refractivity contribution in [2.45, 2.75) is 0 Å². The Kier molecular flexibility index (Phi) is 6.46. The quantitative estimate of drug-likeness (QED) is 0.529. The first-order valence-corrected chi connectivity index (χ1v) is 5.72. The Hall–Kier alpha value is -1.24. The fourth-order valence-electron chi connectivity index (χ4n) is 1.25. The molecule has 0 aromatic carbocycles. The molecule has 0 aliphatic heterocycles. The molecular weight excluding hydrogens is 238 g/mol. The molecule has 0 fully saturated rings. The number of rotatable bonds is 8. The zero-order valence-electron chi connectivity index (χ0n) is 9.81. The molecule has 0 radical (unpaired) electrons. The lowest BCUT2D eigenvalue weighted by atomic mass is 10.3. The van der Waals surface area contributed by atoms with Crippen LogP contribution in [0.25, 0.3) is 0 Å². The summed E-state index contributed by atoms with van der Waals surface area (Å²) >= 11 is 4.91. The lowest BCUT2D eigenvalue weighted by molar-refractivity contribution is 0.0759. The fourth-order valence-corrected chi connectivity index (χ4v) is 1.41. The van der Waals surface area contributed by atoms with Gasteiger partial charge in [-0.2, -0.15) is 0 Å². The smallest absolute Gasteiger partial charge is 0.124 e. The normalized spacial score (nSPS) is 10.2. The highest BCUT2D eigenvalue weighted by Crippen LogP contribution is 2.11. The molecule has 1 aromatic heterocycles. The number of anilines is 1. The molecule has 94 valence electrons. The van der Waals surface area contributed by atoms with Gasteiger partial charge in [-0.3, -0.25) is 4.98 Å². The maximum absolute atomic E-state index is 5.57. The van der Waals surface area contributed by atoms with Crippen LogP contribution in [0.3, 0.4) is 0 Å². The van der Waals surface area contributed by atoms with Crippen molar-refractivity contribution in [1.29, 1.82) is 0 Å². The molecule has 0 amide bonds. The van der Waals surface area contributed by atoms with Crippen molar-refractivity contribution in [3.05, 3.63) is 24.0 Å². The first-order chi connectivity index (χ1) is 8.25. The molecule has 5 nitrogen and oxygen atoms in total. The minimum Gasteiger partial charge on any atom is -0.388 e. The minimum absolute atomic E-state index is 0.286. The first kappa shape index (κ1) is 13.8. The first-order valence-electron chi connectivity index (χ1n) is 5.31. The standard InChI is InChI=1S/C11H17N3O2S/c1-15-7-8-16-6-5-13-9-3-2-4-14-10(9)11(12)17/h2-4,13H,5-8H2,1H3,(H2,12,17). The van der Waals surface area contributed by atoms with Gasteiger partial charge in [0.1, 0.15) is 10.7 Å². The van der Waals surface area contributed by atoms with E-state index in [1.54, 1.807) is 13.3 Å². The Morgan fingerprint density at radius 2 is 2.29 bits per heavy atom. The maximum Gasteiger partial charge on any atom is 0.124 e. The van der Waals surface area contributed by atoms with Crippen molar-refractivity contribution in [2.75, 3.05) is 38.8 Å². The third-order valence-electron chi connectivity index (χ3n) is 2.03. The molecule has 1 heterocycles. The monoisotopic (exact) mass is 255 g/mol. The summed E-state index contributed by atoms with van der Waals surface area (Å²) < 4.78 is 10.2. The second kappa shape index (κ2) is 7.94. The van der Waals surface area contributed by atoms with Crippen molar-refractivity contribution < 1.29 is 9.47 Å². The lowest BCUT2D eigenvalue weighted by Crippen LogP contribution is -2.17. The van der Waals surface area contributed by atoms with E-state index in [0.717, 1.165) is 5.69 Å². The van der Waals surface area contributed by atoms with E-state index in [-0.39, 0.29) is 4.99 Å². The fraction of sp³-hybridized carbons (Fsp3) is 0.455. The van der Waals surface area contributed by atoms with E-state index in [2.05, 4.69) is 10.3 Å². The van der Waals surface area contributed by atoms with E-state index in [0.29, 0.717) is 32.1 Å². The Morgan fingerprint density at radius 3 is 3.00 bits per heavy atom. The van der Waals surface area contributed by atoms with Crippen LogP contribution >= 0.6 is 12.2 Å². The van der Waals surface area contributed by atoms with Crippen molar-refractivity contribution in [1.82, 2.24) is 4.98 Å². The molecule has 0 saturated heterocycles. The number of methoxy groups -OCH3 is 1. The zero-order valence-corrected chi connectivity index (χ0v) is 10.6. The molecule has 0 spiro atoms. The van der Waals surface area contributed by atoms with Crippen molar-refractivity contribution in [3.8, 4) is 0 Å². The number of thiocarbonyl (C=S) groups is 1. The van der Waals surface area contributed by atoms with Crippen LogP contribution in [-0.4, -0.2) is 43.4 Å². The minimum atomic E-state index is 0.286. The van der Waals surface area contributed by atoms with Crippen LogP contribution < -0.4 is 11.1 Å². The highest BCUT2D eigenvalue weighted by Gasteiger charge is 2.04. The van der Waals surface area contributed by atoms with Gasteiger partial charge in [-0.05, 0) is 12.1 Å². The SMILES string of the molecule is COCCOCCNc1cccnc1C(N)=S. The van der Waals surface area contributed by atoms with Gasteiger partial charge >= 0.3 is 0 Å². The van der Waals surface area contributed by atoms with Crippen LogP contribution in [0.5, 0.6) is 0 Å². The van der Waals surface area contributed by atoms with Gasteiger partial charge in [-0.15, -0.1) is 0 Å². The van der Waals surface area contributed by atoms with Gasteiger partial charge in [0.05, 0.1) is 25.5 Å². The second-order valence-electron chi connectivity index (χ2n) is 3.30. The van der Waals surface area contributed by atoms with Gasteiger partial charge in [-0.1, -0.05) is 12.2 Å². The summed E-state index contributed by atoms with van der Waals surface area (Å²) in [5, 5.41) is 3.18. The molecule has 6 heteroatoms. The van der Waals surface area contributed by atoms with Gasteiger partial charge < -0.3 is 20.5 Å². The summed E-state index contributed by atoms with van der Waals surface area (Å²) in [5.41, 5.74) is 7.01. The summed E-state index contributed by atoms with van der Waals surface area (Å²) in [6, 6.07) is 3.71. The lowest BCUT2D eigenvalue weighted by Gasteiger charge is -2.10. The van der Waals surface area contributed by atoms with Crippen LogP contribution in [0.1, 0.15) is 5.69 Å². The Labute approximate surface area is 106 Å². The molecule has 3 N–H and O–H groups in total. The summed E-state index contributed by atoms with van der Waals surface area (Å²) in [5.74, 6) is 0. The van der Waals surface area contributed by atoms with E-state index in [4.69, 9.17) is 27.4 Å². The van der Waals surface area contributed by atoms with Crippen LogP contribution in [0, 0.1) is 0 Å².